The van der Waals surface area contributed by atoms with Gasteiger partial charge in [-0.1, -0.05) is 52.0 Å². The molecule has 0 heterocycles. The van der Waals surface area contributed by atoms with Crippen LogP contribution in [-0.4, -0.2) is 45.5 Å². The quantitative estimate of drug-likeness (QED) is 0.133. The summed E-state index contributed by atoms with van der Waals surface area (Å²) in [6, 6.07) is 18.0. The second kappa shape index (κ2) is 13.2. The van der Waals surface area contributed by atoms with Crippen LogP contribution >= 0.6 is 31.0 Å². The van der Waals surface area contributed by atoms with Gasteiger partial charge in [0.05, 0.1) is 44.0 Å². The van der Waals surface area contributed by atoms with Gasteiger partial charge in [0, 0.05) is 5.56 Å². The van der Waals surface area contributed by atoms with Gasteiger partial charge < -0.3 is 18.9 Å². The Kier molecular flexibility index (Phi) is 9.63. The highest BCUT2D eigenvalue weighted by Crippen LogP contribution is 2.39. The first-order valence-electron chi connectivity index (χ1n) is 12.3. The van der Waals surface area contributed by atoms with Crippen molar-refractivity contribution in [1.29, 1.82) is 0 Å². The van der Waals surface area contributed by atoms with Gasteiger partial charge in [0.1, 0.15) is 39.7 Å². The highest BCUT2D eigenvalue weighted by atomic mass is 35.5. The lowest BCUT2D eigenvalue weighted by atomic mass is 9.91. The summed E-state index contributed by atoms with van der Waals surface area (Å²) >= 11 is 12.5. The molecule has 0 saturated heterocycles. The summed E-state index contributed by atoms with van der Waals surface area (Å²) in [5, 5.41) is -0.231. The second-order valence-electron chi connectivity index (χ2n) is 8.63. The number of hydrogen-bond acceptors (Lipinski definition) is 8. The number of hydrogen-bond donors (Lipinski definition) is 0. The van der Waals surface area contributed by atoms with Crippen molar-refractivity contribution in [3.63, 3.8) is 0 Å². The molecule has 11 heteroatoms. The number of carbonyl (C=O) groups is 3. The lowest BCUT2D eigenvalue weighted by Gasteiger charge is -2.16. The summed E-state index contributed by atoms with van der Waals surface area (Å²) in [5.41, 5.74) is -1.55. The van der Waals surface area contributed by atoms with E-state index in [0.29, 0.717) is 0 Å². The molecule has 8 nitrogen and oxygen atoms in total. The Morgan fingerprint density at radius 3 is 1.40 bits per heavy atom. The van der Waals surface area contributed by atoms with Crippen molar-refractivity contribution in [3.8, 4) is 23.0 Å². The third-order valence-electron chi connectivity index (χ3n) is 6.40. The Morgan fingerprint density at radius 2 is 0.952 bits per heavy atom. The van der Waals surface area contributed by atoms with E-state index < -0.39 is 24.9 Å². The first kappa shape index (κ1) is 30.7. The Morgan fingerprint density at radius 1 is 0.548 bits per heavy atom. The van der Waals surface area contributed by atoms with Crippen LogP contribution in [0.15, 0.2) is 72.8 Å². The van der Waals surface area contributed by atoms with Gasteiger partial charge in [-0.3, -0.25) is 9.59 Å². The zero-order chi connectivity index (χ0) is 30.6. The third kappa shape index (κ3) is 5.61. The van der Waals surface area contributed by atoms with Gasteiger partial charge in [0.15, 0.2) is 0 Å². The first-order valence-corrected chi connectivity index (χ1v) is 14.3. The normalized spacial score (nSPS) is 11.0. The average molecular weight is 626 g/mol. The van der Waals surface area contributed by atoms with Crippen LogP contribution in [0.3, 0.4) is 0 Å². The lowest BCUT2D eigenvalue weighted by molar-refractivity contribution is 0.0997. The maximum Gasteiger partial charge on any atom is 0.459 e. The molecule has 0 radical (unpaired) electrons. The van der Waals surface area contributed by atoms with Crippen LogP contribution in [0.2, 0.25) is 10.0 Å². The van der Waals surface area contributed by atoms with E-state index in [0.717, 1.165) is 0 Å². The van der Waals surface area contributed by atoms with Crippen LogP contribution < -0.4 is 24.3 Å². The average Bonchev–Trinajstić information content (AvgIpc) is 3.02. The minimum atomic E-state index is -3.02. The minimum Gasteiger partial charge on any atom is -0.496 e. The van der Waals surface area contributed by atoms with E-state index in [1.807, 2.05) is 0 Å². The van der Waals surface area contributed by atoms with Crippen LogP contribution in [0, 0.1) is 0 Å². The fraction of sp³-hybridized carbons (Fsp3) is 0.129. The predicted octanol–water partition coefficient (Wildman–Crippen LogP) is 6.78. The largest absolute Gasteiger partial charge is 0.496 e. The van der Waals surface area contributed by atoms with E-state index in [1.54, 1.807) is 24.3 Å². The van der Waals surface area contributed by atoms with Gasteiger partial charge in [-0.05, 0) is 48.5 Å². The Hall–Kier alpha value is -4.23. The van der Waals surface area contributed by atoms with Gasteiger partial charge in [-0.2, -0.15) is 0 Å². The van der Waals surface area contributed by atoms with Crippen molar-refractivity contribution < 1.29 is 37.9 Å². The fourth-order valence-corrected chi connectivity index (χ4v) is 6.47. The maximum atomic E-state index is 14.4. The molecule has 1 atom stereocenters. The molecular weight excluding hydrogens is 602 g/mol. The van der Waals surface area contributed by atoms with Crippen molar-refractivity contribution in [3.05, 3.63) is 111 Å². The van der Waals surface area contributed by atoms with Crippen LogP contribution in [0.5, 0.6) is 23.0 Å². The van der Waals surface area contributed by atoms with E-state index in [9.17, 15) is 18.9 Å². The molecule has 42 heavy (non-hydrogen) atoms. The molecule has 0 amide bonds. The number of halogens is 2. The van der Waals surface area contributed by atoms with Crippen molar-refractivity contribution in [1.82, 2.24) is 0 Å². The molecule has 0 spiro atoms. The molecule has 0 fully saturated rings. The van der Waals surface area contributed by atoms with Gasteiger partial charge in [0.25, 0.3) is 0 Å². The summed E-state index contributed by atoms with van der Waals surface area (Å²) in [5.74, 6) is -0.799. The van der Waals surface area contributed by atoms with Gasteiger partial charge in [-0.15, -0.1) is 0 Å². The van der Waals surface area contributed by atoms with Crippen LogP contribution in [-0.2, 0) is 4.57 Å². The van der Waals surface area contributed by atoms with E-state index in [2.05, 4.69) is 0 Å². The monoisotopic (exact) mass is 625 g/mol. The number of benzene rings is 4. The Bertz CT molecular complexity index is 1670. The number of ketones is 2. The third-order valence-corrected chi connectivity index (χ3v) is 8.44. The first-order chi connectivity index (χ1) is 20.2. The summed E-state index contributed by atoms with van der Waals surface area (Å²) in [4.78, 5) is 42.2. The highest BCUT2D eigenvalue weighted by molar-refractivity contribution is 7.71. The van der Waals surface area contributed by atoms with E-state index >= 15 is 0 Å². The molecule has 1 unspecified atom stereocenters. The van der Waals surface area contributed by atoms with Crippen molar-refractivity contribution in [2.75, 3.05) is 28.4 Å². The van der Waals surface area contributed by atoms with Gasteiger partial charge >= 0.3 is 13.3 Å². The lowest BCUT2D eigenvalue weighted by Crippen LogP contribution is -2.22. The van der Waals surface area contributed by atoms with E-state index in [4.69, 9.17) is 42.1 Å². The second-order valence-corrected chi connectivity index (χ2v) is 10.9. The zero-order valence-electron chi connectivity index (χ0n) is 22.9. The Balaban J connectivity index is 2.04. The van der Waals surface area contributed by atoms with Gasteiger partial charge in [-0.25, -0.2) is 4.79 Å². The smallest absolute Gasteiger partial charge is 0.459 e. The summed E-state index contributed by atoms with van der Waals surface area (Å²) in [6.07, 6.45) is 0. The molecule has 4 rings (SSSR count). The molecule has 0 aliphatic rings. The topological polar surface area (TPSA) is 105 Å². The summed E-state index contributed by atoms with van der Waals surface area (Å²) < 4.78 is 35.7. The molecule has 0 bridgehead atoms. The van der Waals surface area contributed by atoms with E-state index in [1.165, 1.54) is 77.0 Å². The molecule has 0 N–H and O–H groups in total. The molecular formula is C31H24Cl2O8P+. The van der Waals surface area contributed by atoms with E-state index in [-0.39, 0.29) is 66.2 Å². The minimum absolute atomic E-state index is 0.0129. The fourth-order valence-electron chi connectivity index (χ4n) is 4.46. The van der Waals surface area contributed by atoms with Gasteiger partial charge in [0.2, 0.25) is 16.9 Å². The maximum absolute atomic E-state index is 14.4. The molecule has 4 aromatic carbocycles. The SMILES string of the molecule is COc1cccc(OC)c1C(=O)c1cccc([P+](=O)C(=O)c2c(Cl)cccc2Cl)c1C(=O)c1c(OC)cccc1OC. The number of carbonyl (C=O) groups excluding carboxylic acids is 3. The number of ether oxygens (including phenoxy) is 4. The van der Waals surface area contributed by atoms with Crippen molar-refractivity contribution >= 4 is 53.4 Å². The van der Waals surface area contributed by atoms with Crippen LogP contribution in [0.1, 0.15) is 42.2 Å². The Labute approximate surface area is 252 Å². The summed E-state index contributed by atoms with van der Waals surface area (Å²) in [7, 11) is 2.48. The standard InChI is InChI=1S/C31H24Cl2O8P/c1-38-20-12-7-13-21(39-2)27(20)29(34)17-9-5-16-24(42(37)31(36)26-18(32)10-6-11-19(26)33)25(17)30(35)28-22(40-3)14-8-15-23(28)41-4/h5-16H,1-4H3/q+1. The predicted molar refractivity (Wildman–Crippen MR) is 160 cm³/mol. The number of rotatable bonds is 11. The number of methoxy groups -OCH3 is 4. The zero-order valence-corrected chi connectivity index (χ0v) is 25.3. The van der Waals surface area contributed by atoms with Crippen molar-refractivity contribution in [2.45, 2.75) is 0 Å². The molecule has 0 aliphatic carbocycles. The van der Waals surface area contributed by atoms with Crippen LogP contribution in [0.25, 0.3) is 0 Å². The molecule has 0 aliphatic heterocycles. The highest BCUT2D eigenvalue weighted by Gasteiger charge is 2.42. The van der Waals surface area contributed by atoms with Crippen LogP contribution in [0.4, 0.5) is 0 Å². The molecule has 0 aromatic heterocycles. The summed E-state index contributed by atoms with van der Waals surface area (Å²) in [6.45, 7) is 0. The molecule has 4 aromatic rings. The molecule has 0 saturated carbocycles. The molecule has 214 valence electrons. The van der Waals surface area contributed by atoms with Crippen molar-refractivity contribution in [2.24, 2.45) is 0 Å².